The molecule has 3 atom stereocenters. The van der Waals surface area contributed by atoms with Crippen LogP contribution in [0.4, 0.5) is 0 Å². The fourth-order valence-corrected chi connectivity index (χ4v) is 6.05. The zero-order chi connectivity index (χ0) is 32.4. The zero-order valence-electron chi connectivity index (χ0n) is 29.6. The molecule has 0 bridgehead atoms. The number of hydrogen-bond donors (Lipinski definition) is 4. The van der Waals surface area contributed by atoms with Crippen LogP contribution in [0.1, 0.15) is 206 Å². The summed E-state index contributed by atoms with van der Waals surface area (Å²) in [4.78, 5) is 12.4. The Morgan fingerprint density at radius 2 is 0.909 bits per heavy atom. The third kappa shape index (κ3) is 31.1. The van der Waals surface area contributed by atoms with Gasteiger partial charge in [-0.05, 0) is 38.5 Å². The first kappa shape index (κ1) is 43.1. The monoisotopic (exact) mass is 624 g/mol. The van der Waals surface area contributed by atoms with Gasteiger partial charge in [0.15, 0.2) is 0 Å². The molecule has 0 heterocycles. The molecule has 0 fully saturated rings. The number of carbonyl (C=O) groups is 1. The lowest BCUT2D eigenvalue weighted by molar-refractivity contribution is -0.125. The number of carbonyl (C=O) groups excluding carboxylic acids is 1. The summed E-state index contributed by atoms with van der Waals surface area (Å²) in [5, 5.41) is 33.2. The zero-order valence-corrected chi connectivity index (χ0v) is 29.6. The van der Waals surface area contributed by atoms with Gasteiger partial charge in [-0.15, -0.1) is 0 Å². The second-order valence-corrected chi connectivity index (χ2v) is 13.5. The van der Waals surface area contributed by atoms with E-state index in [0.29, 0.717) is 12.8 Å². The highest BCUT2D eigenvalue weighted by Gasteiger charge is 2.21. The Kier molecular flexibility index (Phi) is 34.2. The standard InChI is InChI=1S/C39H77NO4/c1-3-5-7-9-11-13-15-16-17-18-19-20-21-23-24-26-28-30-32-36(42)34-39(44)40-37(35-41)38(43)33-31-29-27-25-22-14-12-10-8-6-4-2/h19-20,36-38,41-43H,3-18,21-35H2,1-2H3,(H,40,44)/b20-19-. The van der Waals surface area contributed by atoms with Gasteiger partial charge in [0.25, 0.3) is 0 Å². The summed E-state index contributed by atoms with van der Waals surface area (Å²) in [6.07, 6.45) is 38.8. The molecule has 0 saturated heterocycles. The Labute approximate surface area is 274 Å². The van der Waals surface area contributed by atoms with Crippen molar-refractivity contribution in [2.24, 2.45) is 0 Å². The van der Waals surface area contributed by atoms with Crippen molar-refractivity contribution in [1.82, 2.24) is 5.32 Å². The number of aliphatic hydroxyl groups excluding tert-OH is 3. The molecule has 1 amide bonds. The van der Waals surface area contributed by atoms with Crippen LogP contribution < -0.4 is 5.32 Å². The topological polar surface area (TPSA) is 89.8 Å². The molecule has 0 aliphatic carbocycles. The van der Waals surface area contributed by atoms with Gasteiger partial charge in [0, 0.05) is 0 Å². The first-order valence-electron chi connectivity index (χ1n) is 19.5. The van der Waals surface area contributed by atoms with Gasteiger partial charge in [-0.2, -0.15) is 0 Å². The van der Waals surface area contributed by atoms with Crippen molar-refractivity contribution in [3.05, 3.63) is 12.2 Å². The summed E-state index contributed by atoms with van der Waals surface area (Å²) in [5.41, 5.74) is 0. The number of amides is 1. The summed E-state index contributed by atoms with van der Waals surface area (Å²) in [5.74, 6) is -0.288. The smallest absolute Gasteiger partial charge is 0.222 e. The van der Waals surface area contributed by atoms with Crippen LogP contribution in [0.15, 0.2) is 12.2 Å². The minimum atomic E-state index is -0.746. The van der Waals surface area contributed by atoms with E-state index in [0.717, 1.165) is 32.1 Å². The normalized spacial score (nSPS) is 13.8. The van der Waals surface area contributed by atoms with E-state index in [-0.39, 0.29) is 18.9 Å². The van der Waals surface area contributed by atoms with E-state index in [9.17, 15) is 20.1 Å². The third-order valence-electron chi connectivity index (χ3n) is 9.08. The molecule has 5 heteroatoms. The second-order valence-electron chi connectivity index (χ2n) is 13.5. The number of aliphatic hydroxyl groups is 3. The molecule has 4 N–H and O–H groups in total. The van der Waals surface area contributed by atoms with Crippen LogP contribution in [-0.4, -0.2) is 46.1 Å². The van der Waals surface area contributed by atoms with Crippen molar-refractivity contribution in [3.63, 3.8) is 0 Å². The molecule has 262 valence electrons. The number of hydrogen-bond acceptors (Lipinski definition) is 4. The van der Waals surface area contributed by atoms with E-state index in [1.807, 2.05) is 0 Å². The molecule has 44 heavy (non-hydrogen) atoms. The van der Waals surface area contributed by atoms with Gasteiger partial charge in [-0.1, -0.05) is 174 Å². The van der Waals surface area contributed by atoms with E-state index in [4.69, 9.17) is 0 Å². The van der Waals surface area contributed by atoms with Crippen LogP contribution in [0, 0.1) is 0 Å². The average molecular weight is 624 g/mol. The molecule has 0 radical (unpaired) electrons. The lowest BCUT2D eigenvalue weighted by Gasteiger charge is -2.23. The van der Waals surface area contributed by atoms with Crippen molar-refractivity contribution in [2.45, 2.75) is 225 Å². The largest absolute Gasteiger partial charge is 0.394 e. The van der Waals surface area contributed by atoms with Crippen LogP contribution in [-0.2, 0) is 4.79 Å². The maximum absolute atomic E-state index is 12.4. The van der Waals surface area contributed by atoms with Crippen LogP contribution in [0.2, 0.25) is 0 Å². The molecular weight excluding hydrogens is 546 g/mol. The van der Waals surface area contributed by atoms with Crippen LogP contribution in [0.5, 0.6) is 0 Å². The van der Waals surface area contributed by atoms with E-state index in [1.165, 1.54) is 141 Å². The molecule has 0 spiro atoms. The minimum Gasteiger partial charge on any atom is -0.394 e. The Hall–Kier alpha value is -0.910. The summed E-state index contributed by atoms with van der Waals surface area (Å²) in [6, 6.07) is -0.656. The number of unbranched alkanes of at least 4 members (excludes halogenated alkanes) is 24. The second kappa shape index (κ2) is 35.0. The Balaban J connectivity index is 3.65. The lowest BCUT2D eigenvalue weighted by Crippen LogP contribution is -2.46. The van der Waals surface area contributed by atoms with Crippen molar-refractivity contribution < 1.29 is 20.1 Å². The van der Waals surface area contributed by atoms with Gasteiger partial charge in [0.05, 0.1) is 31.3 Å². The summed E-state index contributed by atoms with van der Waals surface area (Å²) >= 11 is 0. The van der Waals surface area contributed by atoms with Crippen molar-refractivity contribution in [3.8, 4) is 0 Å². The molecule has 0 saturated carbocycles. The quantitative estimate of drug-likeness (QED) is 0.0418. The predicted molar refractivity (Wildman–Crippen MR) is 190 cm³/mol. The molecular formula is C39H77NO4. The number of nitrogens with one attached hydrogen (secondary N) is 1. The van der Waals surface area contributed by atoms with Gasteiger partial charge in [0.1, 0.15) is 0 Å². The Morgan fingerprint density at radius 3 is 1.32 bits per heavy atom. The van der Waals surface area contributed by atoms with E-state index < -0.39 is 18.2 Å². The fourth-order valence-electron chi connectivity index (χ4n) is 6.05. The maximum Gasteiger partial charge on any atom is 0.222 e. The molecule has 0 rings (SSSR count). The van der Waals surface area contributed by atoms with Crippen LogP contribution in [0.25, 0.3) is 0 Å². The van der Waals surface area contributed by atoms with Gasteiger partial charge in [-0.25, -0.2) is 0 Å². The number of allylic oxidation sites excluding steroid dienone is 2. The summed E-state index contributed by atoms with van der Waals surface area (Å²) in [6.45, 7) is 4.24. The highest BCUT2D eigenvalue weighted by atomic mass is 16.3. The maximum atomic E-state index is 12.4. The molecule has 0 aromatic carbocycles. The third-order valence-corrected chi connectivity index (χ3v) is 9.08. The predicted octanol–water partition coefficient (Wildman–Crippen LogP) is 10.5. The van der Waals surface area contributed by atoms with Crippen molar-refractivity contribution in [2.75, 3.05) is 6.61 Å². The lowest BCUT2D eigenvalue weighted by atomic mass is 10.0. The van der Waals surface area contributed by atoms with Crippen LogP contribution >= 0.6 is 0 Å². The van der Waals surface area contributed by atoms with Crippen molar-refractivity contribution in [1.29, 1.82) is 0 Å². The van der Waals surface area contributed by atoms with E-state index in [1.54, 1.807) is 0 Å². The number of rotatable bonds is 35. The fraction of sp³-hybridized carbons (Fsp3) is 0.923. The van der Waals surface area contributed by atoms with Gasteiger partial charge >= 0.3 is 0 Å². The Morgan fingerprint density at radius 1 is 0.545 bits per heavy atom. The first-order chi connectivity index (χ1) is 21.5. The molecule has 0 aliphatic rings. The van der Waals surface area contributed by atoms with Gasteiger partial charge in [-0.3, -0.25) is 4.79 Å². The molecule has 0 aromatic heterocycles. The van der Waals surface area contributed by atoms with E-state index in [2.05, 4.69) is 31.3 Å². The van der Waals surface area contributed by atoms with E-state index >= 15 is 0 Å². The Bertz CT molecular complexity index is 611. The highest BCUT2D eigenvalue weighted by Crippen LogP contribution is 2.15. The molecule has 0 aliphatic heterocycles. The molecule has 5 nitrogen and oxygen atoms in total. The highest BCUT2D eigenvalue weighted by molar-refractivity contribution is 5.76. The average Bonchev–Trinajstić information content (AvgIpc) is 3.01. The van der Waals surface area contributed by atoms with Crippen LogP contribution in [0.3, 0.4) is 0 Å². The minimum absolute atomic E-state index is 0.0332. The molecule has 0 aromatic rings. The SMILES string of the molecule is CCCCCCCCCCC/C=C\CCCCCCCC(O)CC(=O)NC(CO)C(O)CCCCCCCCCCCCC. The van der Waals surface area contributed by atoms with Gasteiger partial charge in [0.2, 0.25) is 5.91 Å². The molecule has 3 unspecified atom stereocenters. The van der Waals surface area contributed by atoms with Crippen molar-refractivity contribution >= 4 is 5.91 Å². The van der Waals surface area contributed by atoms with Gasteiger partial charge < -0.3 is 20.6 Å². The summed E-state index contributed by atoms with van der Waals surface area (Å²) < 4.78 is 0. The first-order valence-corrected chi connectivity index (χ1v) is 19.5. The summed E-state index contributed by atoms with van der Waals surface area (Å²) in [7, 11) is 0.